The summed E-state index contributed by atoms with van der Waals surface area (Å²) in [6.07, 6.45) is 3.03. The van der Waals surface area contributed by atoms with Crippen molar-refractivity contribution in [2.45, 2.75) is 6.92 Å². The van der Waals surface area contributed by atoms with Crippen molar-refractivity contribution in [2.75, 3.05) is 0 Å². The lowest BCUT2D eigenvalue weighted by atomic mass is 10.0. The summed E-state index contributed by atoms with van der Waals surface area (Å²) in [5, 5.41) is 8.94. The molecule has 16 heavy (non-hydrogen) atoms. The molecule has 1 aromatic carbocycles. The zero-order valence-electron chi connectivity index (χ0n) is 8.74. The van der Waals surface area contributed by atoms with Crippen molar-refractivity contribution in [2.24, 2.45) is 0 Å². The lowest BCUT2D eigenvalue weighted by molar-refractivity contribution is 0.631. The third-order valence-electron chi connectivity index (χ3n) is 2.35. The molecule has 0 aliphatic carbocycles. The van der Waals surface area contributed by atoms with Crippen LogP contribution in [0.2, 0.25) is 0 Å². The van der Waals surface area contributed by atoms with E-state index in [1.54, 1.807) is 18.2 Å². The third kappa shape index (κ3) is 1.78. The number of aromatic nitrogens is 1. The maximum atomic E-state index is 13.6. The standard InChI is InChI=1S/C13H9FN2/c1-9-2-3-13(14)11(6-9)12-8-16-5-4-10(12)7-15/h2-6,8H,1H3. The van der Waals surface area contributed by atoms with E-state index in [2.05, 4.69) is 4.98 Å². The van der Waals surface area contributed by atoms with Crippen LogP contribution in [0.15, 0.2) is 36.7 Å². The summed E-state index contributed by atoms with van der Waals surface area (Å²) in [6.45, 7) is 1.88. The Hall–Kier alpha value is -2.21. The quantitative estimate of drug-likeness (QED) is 0.728. The minimum absolute atomic E-state index is 0.338. The first-order valence-electron chi connectivity index (χ1n) is 4.83. The summed E-state index contributed by atoms with van der Waals surface area (Å²) in [5.41, 5.74) is 2.33. The lowest BCUT2D eigenvalue weighted by Crippen LogP contribution is -1.90. The number of benzene rings is 1. The van der Waals surface area contributed by atoms with E-state index < -0.39 is 0 Å². The van der Waals surface area contributed by atoms with E-state index in [-0.39, 0.29) is 5.82 Å². The van der Waals surface area contributed by atoms with Crippen molar-refractivity contribution in [1.82, 2.24) is 4.98 Å². The van der Waals surface area contributed by atoms with Crippen molar-refractivity contribution < 1.29 is 4.39 Å². The predicted molar refractivity (Wildman–Crippen MR) is 59.1 cm³/mol. The molecule has 0 bridgehead atoms. The van der Waals surface area contributed by atoms with Crippen LogP contribution in [-0.2, 0) is 0 Å². The second kappa shape index (κ2) is 4.11. The van der Waals surface area contributed by atoms with Gasteiger partial charge in [0.15, 0.2) is 0 Å². The van der Waals surface area contributed by atoms with Crippen LogP contribution in [-0.4, -0.2) is 4.98 Å². The number of rotatable bonds is 1. The summed E-state index contributed by atoms with van der Waals surface area (Å²) in [6, 6.07) is 8.43. The topological polar surface area (TPSA) is 36.7 Å². The van der Waals surface area contributed by atoms with Gasteiger partial charge in [-0.15, -0.1) is 0 Å². The van der Waals surface area contributed by atoms with Gasteiger partial charge in [-0.3, -0.25) is 4.98 Å². The molecule has 0 unspecified atom stereocenters. The van der Waals surface area contributed by atoms with Crippen LogP contribution in [0.5, 0.6) is 0 Å². The average Bonchev–Trinajstić information content (AvgIpc) is 2.32. The monoisotopic (exact) mass is 212 g/mol. The van der Waals surface area contributed by atoms with E-state index in [0.717, 1.165) is 5.56 Å². The zero-order valence-corrected chi connectivity index (χ0v) is 8.74. The van der Waals surface area contributed by atoms with Crippen molar-refractivity contribution in [3.05, 3.63) is 53.6 Å². The maximum absolute atomic E-state index is 13.6. The number of nitriles is 1. The smallest absolute Gasteiger partial charge is 0.131 e. The number of nitrogens with zero attached hydrogens (tertiary/aromatic N) is 2. The van der Waals surface area contributed by atoms with Crippen LogP contribution in [0.3, 0.4) is 0 Å². The highest BCUT2D eigenvalue weighted by Crippen LogP contribution is 2.25. The van der Waals surface area contributed by atoms with Gasteiger partial charge in [0.05, 0.1) is 11.6 Å². The average molecular weight is 212 g/mol. The molecule has 2 rings (SSSR count). The number of hydrogen-bond donors (Lipinski definition) is 0. The Balaban J connectivity index is 2.68. The van der Waals surface area contributed by atoms with Gasteiger partial charge in [0, 0.05) is 23.5 Å². The van der Waals surface area contributed by atoms with Crippen LogP contribution in [0.25, 0.3) is 11.1 Å². The molecular weight excluding hydrogens is 203 g/mol. The fourth-order valence-electron chi connectivity index (χ4n) is 1.55. The molecule has 1 aromatic heterocycles. The summed E-state index contributed by atoms with van der Waals surface area (Å²) in [5.74, 6) is -0.338. The van der Waals surface area contributed by atoms with Gasteiger partial charge in [0.1, 0.15) is 5.82 Å². The molecule has 0 atom stereocenters. The second-order valence-corrected chi connectivity index (χ2v) is 3.52. The molecule has 78 valence electrons. The van der Waals surface area contributed by atoms with Gasteiger partial charge in [-0.1, -0.05) is 11.6 Å². The first-order chi connectivity index (χ1) is 7.72. The fourth-order valence-corrected chi connectivity index (χ4v) is 1.55. The number of pyridine rings is 1. The molecule has 2 nitrogen and oxygen atoms in total. The molecule has 0 aliphatic heterocycles. The summed E-state index contributed by atoms with van der Waals surface area (Å²) >= 11 is 0. The minimum atomic E-state index is -0.338. The normalized spacial score (nSPS) is 9.81. The van der Waals surface area contributed by atoms with Crippen molar-refractivity contribution >= 4 is 0 Å². The number of halogens is 1. The van der Waals surface area contributed by atoms with Gasteiger partial charge < -0.3 is 0 Å². The molecule has 0 radical (unpaired) electrons. The molecule has 0 fully saturated rings. The molecular formula is C13H9FN2. The molecule has 0 amide bonds. The largest absolute Gasteiger partial charge is 0.264 e. The van der Waals surface area contributed by atoms with E-state index in [9.17, 15) is 4.39 Å². The van der Waals surface area contributed by atoms with Crippen LogP contribution < -0.4 is 0 Å². The Morgan fingerprint density at radius 3 is 2.81 bits per heavy atom. The SMILES string of the molecule is Cc1ccc(F)c(-c2cnccc2C#N)c1. The molecule has 0 aliphatic rings. The molecule has 0 saturated heterocycles. The van der Waals surface area contributed by atoms with Gasteiger partial charge >= 0.3 is 0 Å². The Morgan fingerprint density at radius 2 is 2.06 bits per heavy atom. The molecule has 0 N–H and O–H groups in total. The molecule has 0 saturated carbocycles. The summed E-state index contributed by atoms with van der Waals surface area (Å²) in [4.78, 5) is 3.92. The van der Waals surface area contributed by atoms with Crippen LogP contribution in [0.4, 0.5) is 4.39 Å². The molecule has 2 aromatic rings. The highest BCUT2D eigenvalue weighted by atomic mass is 19.1. The fraction of sp³-hybridized carbons (Fsp3) is 0.0769. The van der Waals surface area contributed by atoms with Crippen molar-refractivity contribution in [3.63, 3.8) is 0 Å². The van der Waals surface area contributed by atoms with E-state index in [1.165, 1.54) is 18.5 Å². The van der Waals surface area contributed by atoms with Gasteiger partial charge in [-0.05, 0) is 25.1 Å². The van der Waals surface area contributed by atoms with E-state index in [4.69, 9.17) is 5.26 Å². The summed E-state index contributed by atoms with van der Waals surface area (Å²) < 4.78 is 13.6. The summed E-state index contributed by atoms with van der Waals surface area (Å²) in [7, 11) is 0. The van der Waals surface area contributed by atoms with Gasteiger partial charge in [0.2, 0.25) is 0 Å². The Labute approximate surface area is 93.0 Å². The minimum Gasteiger partial charge on any atom is -0.264 e. The zero-order chi connectivity index (χ0) is 11.5. The molecule has 3 heteroatoms. The first-order valence-corrected chi connectivity index (χ1v) is 4.83. The maximum Gasteiger partial charge on any atom is 0.131 e. The van der Waals surface area contributed by atoms with E-state index in [1.807, 2.05) is 13.0 Å². The Kier molecular flexibility index (Phi) is 2.65. The van der Waals surface area contributed by atoms with Gasteiger partial charge in [-0.2, -0.15) is 5.26 Å². The van der Waals surface area contributed by atoms with Gasteiger partial charge in [-0.25, -0.2) is 4.39 Å². The first kappa shape index (κ1) is 10.3. The highest BCUT2D eigenvalue weighted by molar-refractivity contribution is 5.70. The van der Waals surface area contributed by atoms with Crippen LogP contribution in [0.1, 0.15) is 11.1 Å². The number of aryl methyl sites for hydroxylation is 1. The highest BCUT2D eigenvalue weighted by Gasteiger charge is 2.09. The van der Waals surface area contributed by atoms with E-state index in [0.29, 0.717) is 16.7 Å². The molecule has 0 spiro atoms. The second-order valence-electron chi connectivity index (χ2n) is 3.52. The van der Waals surface area contributed by atoms with Crippen LogP contribution in [0, 0.1) is 24.1 Å². The lowest BCUT2D eigenvalue weighted by Gasteiger charge is -2.05. The van der Waals surface area contributed by atoms with Crippen molar-refractivity contribution in [3.8, 4) is 17.2 Å². The van der Waals surface area contributed by atoms with Crippen LogP contribution >= 0.6 is 0 Å². The Morgan fingerprint density at radius 1 is 1.25 bits per heavy atom. The third-order valence-corrected chi connectivity index (χ3v) is 2.35. The predicted octanol–water partition coefficient (Wildman–Crippen LogP) is 3.07. The van der Waals surface area contributed by atoms with Gasteiger partial charge in [0.25, 0.3) is 0 Å². The van der Waals surface area contributed by atoms with E-state index >= 15 is 0 Å². The number of hydrogen-bond acceptors (Lipinski definition) is 2. The Bertz CT molecular complexity index is 570. The molecule has 1 heterocycles. The van der Waals surface area contributed by atoms with Crippen molar-refractivity contribution in [1.29, 1.82) is 5.26 Å².